The lowest BCUT2D eigenvalue weighted by Crippen LogP contribution is -2.44. The maximum Gasteiger partial charge on any atom is 0.358 e. The summed E-state index contributed by atoms with van der Waals surface area (Å²) >= 11 is 0. The number of hydrogen-bond donors (Lipinski definition) is 1. The molecule has 0 aromatic carbocycles. The van der Waals surface area contributed by atoms with Crippen LogP contribution in [0, 0.1) is 0 Å². The minimum atomic E-state index is -1.07. The molecule has 1 aliphatic heterocycles. The lowest BCUT2D eigenvalue weighted by Gasteiger charge is -2.34. The van der Waals surface area contributed by atoms with E-state index in [4.69, 9.17) is 14.4 Å². The molecule has 17 heavy (non-hydrogen) atoms. The summed E-state index contributed by atoms with van der Waals surface area (Å²) in [6.07, 6.45) is 0.362. The predicted molar refractivity (Wildman–Crippen MR) is 58.7 cm³/mol. The van der Waals surface area contributed by atoms with E-state index in [0.29, 0.717) is 12.3 Å². The van der Waals surface area contributed by atoms with Crippen molar-refractivity contribution in [3.8, 4) is 0 Å². The zero-order chi connectivity index (χ0) is 12.4. The maximum atomic E-state index is 10.7. The lowest BCUT2D eigenvalue weighted by atomic mass is 10.2. The molecule has 0 spiro atoms. The molecule has 2 rings (SSSR count). The number of ether oxygens (including phenoxy) is 1. The van der Waals surface area contributed by atoms with Crippen LogP contribution in [0.4, 0.5) is 0 Å². The van der Waals surface area contributed by atoms with Crippen LogP contribution in [-0.4, -0.2) is 46.4 Å². The number of hydrogen-bond acceptors (Lipinski definition) is 5. The number of carboxylic acid groups (broad SMARTS) is 1. The summed E-state index contributed by atoms with van der Waals surface area (Å²) in [7, 11) is 0. The van der Waals surface area contributed by atoms with Crippen molar-refractivity contribution in [3.63, 3.8) is 0 Å². The van der Waals surface area contributed by atoms with Crippen LogP contribution >= 0.6 is 0 Å². The summed E-state index contributed by atoms with van der Waals surface area (Å²) in [4.78, 5) is 12.8. The Balaban J connectivity index is 1.97. The van der Waals surface area contributed by atoms with Gasteiger partial charge in [-0.3, -0.25) is 4.90 Å². The fraction of sp³-hybridized carbons (Fsp3) is 0.636. The SMILES string of the molecule is CC1CN(Cc2cc(C(=O)O)no2)CC(C)O1. The Morgan fingerprint density at radius 2 is 2.18 bits per heavy atom. The highest BCUT2D eigenvalue weighted by atomic mass is 16.5. The fourth-order valence-electron chi connectivity index (χ4n) is 2.12. The molecule has 2 heterocycles. The summed E-state index contributed by atoms with van der Waals surface area (Å²) < 4.78 is 10.6. The van der Waals surface area contributed by atoms with E-state index in [0.717, 1.165) is 13.1 Å². The highest BCUT2D eigenvalue weighted by Crippen LogP contribution is 2.14. The fourth-order valence-corrected chi connectivity index (χ4v) is 2.12. The second kappa shape index (κ2) is 4.85. The van der Waals surface area contributed by atoms with Crippen molar-refractivity contribution in [1.82, 2.24) is 10.1 Å². The van der Waals surface area contributed by atoms with Crippen molar-refractivity contribution in [3.05, 3.63) is 17.5 Å². The predicted octanol–water partition coefficient (Wildman–Crippen LogP) is 0.982. The van der Waals surface area contributed by atoms with Crippen LogP contribution in [0.1, 0.15) is 30.1 Å². The zero-order valence-corrected chi connectivity index (χ0v) is 9.92. The number of aromatic carboxylic acids is 1. The summed E-state index contributed by atoms with van der Waals surface area (Å²) in [5.41, 5.74) is -0.0469. The van der Waals surface area contributed by atoms with E-state index in [1.165, 1.54) is 6.07 Å². The Morgan fingerprint density at radius 3 is 2.71 bits per heavy atom. The van der Waals surface area contributed by atoms with E-state index in [1.54, 1.807) is 0 Å². The first-order valence-corrected chi connectivity index (χ1v) is 5.61. The van der Waals surface area contributed by atoms with Gasteiger partial charge in [0.1, 0.15) is 0 Å². The molecule has 0 radical (unpaired) electrons. The summed E-state index contributed by atoms with van der Waals surface area (Å²) in [6, 6.07) is 1.47. The summed E-state index contributed by atoms with van der Waals surface area (Å²) in [5.74, 6) is -0.493. The molecule has 6 nitrogen and oxygen atoms in total. The van der Waals surface area contributed by atoms with E-state index in [1.807, 2.05) is 13.8 Å². The maximum absolute atomic E-state index is 10.7. The first kappa shape index (κ1) is 12.1. The van der Waals surface area contributed by atoms with Crippen molar-refractivity contribution in [2.75, 3.05) is 13.1 Å². The van der Waals surface area contributed by atoms with Gasteiger partial charge in [0.2, 0.25) is 0 Å². The minimum absolute atomic E-state index is 0.0469. The summed E-state index contributed by atoms with van der Waals surface area (Å²) in [6.45, 7) is 6.23. The van der Waals surface area contributed by atoms with Gasteiger partial charge in [-0.1, -0.05) is 5.16 Å². The van der Waals surface area contributed by atoms with E-state index < -0.39 is 5.97 Å². The molecule has 1 aromatic rings. The smallest absolute Gasteiger partial charge is 0.358 e. The Bertz CT molecular complexity index is 394. The molecule has 1 fully saturated rings. The van der Waals surface area contributed by atoms with Crippen LogP contribution in [0.15, 0.2) is 10.6 Å². The van der Waals surface area contributed by atoms with Crippen molar-refractivity contribution < 1.29 is 19.2 Å². The molecule has 1 N–H and O–H groups in total. The van der Waals surface area contributed by atoms with Gasteiger partial charge in [-0.15, -0.1) is 0 Å². The Morgan fingerprint density at radius 1 is 1.53 bits per heavy atom. The summed E-state index contributed by atoms with van der Waals surface area (Å²) in [5, 5.41) is 12.2. The highest BCUT2D eigenvalue weighted by molar-refractivity contribution is 5.85. The third-order valence-corrected chi connectivity index (χ3v) is 2.65. The van der Waals surface area contributed by atoms with Crippen molar-refractivity contribution in [2.45, 2.75) is 32.6 Å². The molecule has 1 aliphatic rings. The van der Waals surface area contributed by atoms with E-state index >= 15 is 0 Å². The van der Waals surface area contributed by atoms with Crippen LogP contribution in [0.3, 0.4) is 0 Å². The highest BCUT2D eigenvalue weighted by Gasteiger charge is 2.23. The second-order valence-electron chi connectivity index (χ2n) is 4.44. The number of aromatic nitrogens is 1. The van der Waals surface area contributed by atoms with Crippen LogP contribution < -0.4 is 0 Å². The third-order valence-electron chi connectivity index (χ3n) is 2.65. The molecule has 2 atom stereocenters. The number of carbonyl (C=O) groups is 1. The van der Waals surface area contributed by atoms with Gasteiger partial charge >= 0.3 is 5.97 Å². The molecular weight excluding hydrogens is 224 g/mol. The average molecular weight is 240 g/mol. The molecule has 0 bridgehead atoms. The topological polar surface area (TPSA) is 75.8 Å². The molecule has 6 heteroatoms. The quantitative estimate of drug-likeness (QED) is 0.848. The van der Waals surface area contributed by atoms with Gasteiger partial charge in [0.25, 0.3) is 0 Å². The monoisotopic (exact) mass is 240 g/mol. The molecule has 0 saturated carbocycles. The van der Waals surface area contributed by atoms with E-state index in [-0.39, 0.29) is 17.9 Å². The van der Waals surface area contributed by atoms with Crippen LogP contribution in [-0.2, 0) is 11.3 Å². The Kier molecular flexibility index (Phi) is 3.44. The number of nitrogens with zero attached hydrogens (tertiary/aromatic N) is 2. The third kappa shape index (κ3) is 3.04. The number of morpholine rings is 1. The second-order valence-corrected chi connectivity index (χ2v) is 4.44. The van der Waals surface area contributed by atoms with Gasteiger partial charge in [-0.25, -0.2) is 4.79 Å². The molecule has 1 saturated heterocycles. The first-order valence-electron chi connectivity index (χ1n) is 5.61. The first-order chi connectivity index (χ1) is 8.04. The van der Waals surface area contributed by atoms with Crippen LogP contribution in [0.25, 0.3) is 0 Å². The number of carboxylic acids is 1. The van der Waals surface area contributed by atoms with Gasteiger partial charge in [-0.05, 0) is 13.8 Å². The molecule has 0 aliphatic carbocycles. The Hall–Kier alpha value is -1.40. The van der Waals surface area contributed by atoms with E-state index in [2.05, 4.69) is 10.1 Å². The van der Waals surface area contributed by atoms with Crippen LogP contribution in [0.5, 0.6) is 0 Å². The van der Waals surface area contributed by atoms with Gasteiger partial charge in [0, 0.05) is 19.2 Å². The van der Waals surface area contributed by atoms with Crippen molar-refractivity contribution >= 4 is 5.97 Å². The molecule has 94 valence electrons. The van der Waals surface area contributed by atoms with E-state index in [9.17, 15) is 4.79 Å². The molecule has 1 aromatic heterocycles. The minimum Gasteiger partial charge on any atom is -0.476 e. The number of rotatable bonds is 3. The normalized spacial score (nSPS) is 26.0. The largest absolute Gasteiger partial charge is 0.476 e. The van der Waals surface area contributed by atoms with Gasteiger partial charge in [-0.2, -0.15) is 0 Å². The van der Waals surface area contributed by atoms with Gasteiger partial charge in [0.05, 0.1) is 18.8 Å². The standard InChI is InChI=1S/C11H16N2O4/c1-7-4-13(5-8(2)16-7)6-9-3-10(11(14)15)12-17-9/h3,7-8H,4-6H2,1-2H3,(H,14,15). The van der Waals surface area contributed by atoms with Gasteiger partial charge in [0.15, 0.2) is 11.5 Å². The molecular formula is C11H16N2O4. The van der Waals surface area contributed by atoms with Crippen LogP contribution in [0.2, 0.25) is 0 Å². The lowest BCUT2D eigenvalue weighted by molar-refractivity contribution is -0.0721. The molecule has 0 amide bonds. The zero-order valence-electron chi connectivity index (χ0n) is 9.92. The molecule has 2 unspecified atom stereocenters. The van der Waals surface area contributed by atoms with Crippen molar-refractivity contribution in [2.24, 2.45) is 0 Å². The Labute approximate surface area is 99.1 Å². The van der Waals surface area contributed by atoms with Crippen molar-refractivity contribution in [1.29, 1.82) is 0 Å². The van der Waals surface area contributed by atoms with Gasteiger partial charge < -0.3 is 14.4 Å². The average Bonchev–Trinajstić information content (AvgIpc) is 2.64.